The highest BCUT2D eigenvalue weighted by Gasteiger charge is 2.21. The van der Waals surface area contributed by atoms with E-state index in [0.717, 1.165) is 34.3 Å². The van der Waals surface area contributed by atoms with Gasteiger partial charge in [0, 0.05) is 30.1 Å². The van der Waals surface area contributed by atoms with Gasteiger partial charge in [0.05, 0.1) is 23.6 Å². The van der Waals surface area contributed by atoms with Crippen LogP contribution in [0, 0.1) is 0 Å². The number of aromatic nitrogens is 3. The van der Waals surface area contributed by atoms with Crippen LogP contribution < -0.4 is 0 Å². The molecule has 3 aromatic rings. The SMILES string of the molecule is CCOC(=O)CCCCc1c(CS(C)(=O)=O)nn2c(CC)ccc2c1-c1ccnc(Cl)c1. The van der Waals surface area contributed by atoms with E-state index in [2.05, 4.69) is 4.98 Å². The Morgan fingerprint density at radius 3 is 2.62 bits per heavy atom. The lowest BCUT2D eigenvalue weighted by Crippen LogP contribution is -2.13. The third-order valence-corrected chi connectivity index (χ3v) is 6.20. The zero-order valence-corrected chi connectivity index (χ0v) is 20.2. The number of hydrogen-bond donors (Lipinski definition) is 0. The van der Waals surface area contributed by atoms with Crippen LogP contribution in [0.3, 0.4) is 0 Å². The molecule has 0 bridgehead atoms. The standard InChI is InChI=1S/C23H28ClN3O4S/c1-4-17-10-11-20-23(16-12-13-25-21(24)14-16)18(8-6-7-9-22(28)31-5-2)19(26-27(17)20)15-32(3,29)30/h10-14H,4-9,15H2,1-3H3. The summed E-state index contributed by atoms with van der Waals surface area (Å²) in [7, 11) is -3.32. The van der Waals surface area contributed by atoms with Gasteiger partial charge in [0.1, 0.15) is 5.15 Å². The Morgan fingerprint density at radius 2 is 1.97 bits per heavy atom. The lowest BCUT2D eigenvalue weighted by atomic mass is 9.95. The van der Waals surface area contributed by atoms with E-state index < -0.39 is 9.84 Å². The van der Waals surface area contributed by atoms with Crippen LogP contribution in [0.15, 0.2) is 30.5 Å². The Balaban J connectivity index is 2.13. The maximum absolute atomic E-state index is 12.2. The van der Waals surface area contributed by atoms with Crippen molar-refractivity contribution in [1.29, 1.82) is 0 Å². The quantitative estimate of drug-likeness (QED) is 0.243. The third-order valence-electron chi connectivity index (χ3n) is 5.20. The first-order chi connectivity index (χ1) is 15.2. The van der Waals surface area contributed by atoms with Crippen molar-refractivity contribution < 1.29 is 17.9 Å². The maximum atomic E-state index is 12.2. The number of fused-ring (bicyclic) bond motifs is 1. The summed E-state index contributed by atoms with van der Waals surface area (Å²) in [6.45, 7) is 4.18. The number of rotatable bonds is 10. The zero-order chi connectivity index (χ0) is 23.3. The van der Waals surface area contributed by atoms with Gasteiger partial charge in [-0.3, -0.25) is 4.79 Å². The lowest BCUT2D eigenvalue weighted by molar-refractivity contribution is -0.143. The van der Waals surface area contributed by atoms with Gasteiger partial charge in [0.2, 0.25) is 0 Å². The minimum Gasteiger partial charge on any atom is -0.466 e. The fourth-order valence-electron chi connectivity index (χ4n) is 3.84. The Morgan fingerprint density at radius 1 is 1.19 bits per heavy atom. The molecule has 0 radical (unpaired) electrons. The van der Waals surface area contributed by atoms with E-state index >= 15 is 0 Å². The highest BCUT2D eigenvalue weighted by molar-refractivity contribution is 7.89. The summed E-state index contributed by atoms with van der Waals surface area (Å²) in [6, 6.07) is 7.65. The first kappa shape index (κ1) is 24.2. The number of halogens is 1. The molecule has 0 N–H and O–H groups in total. The highest BCUT2D eigenvalue weighted by atomic mass is 35.5. The van der Waals surface area contributed by atoms with Gasteiger partial charge in [-0.1, -0.05) is 18.5 Å². The van der Waals surface area contributed by atoms with E-state index in [1.165, 1.54) is 6.26 Å². The molecule has 0 unspecified atom stereocenters. The van der Waals surface area contributed by atoms with Gasteiger partial charge < -0.3 is 4.74 Å². The van der Waals surface area contributed by atoms with Crippen molar-refractivity contribution in [1.82, 2.24) is 14.6 Å². The summed E-state index contributed by atoms with van der Waals surface area (Å²) < 4.78 is 31.3. The number of carbonyl (C=O) groups is 1. The molecule has 0 atom stereocenters. The summed E-state index contributed by atoms with van der Waals surface area (Å²) in [6.07, 6.45) is 5.85. The fourth-order valence-corrected chi connectivity index (χ4v) is 4.75. The molecule has 0 spiro atoms. The van der Waals surface area contributed by atoms with Gasteiger partial charge in [0.15, 0.2) is 9.84 Å². The molecule has 0 aliphatic carbocycles. The second-order valence-corrected chi connectivity index (χ2v) is 10.3. The van der Waals surface area contributed by atoms with Crippen LogP contribution in [0.1, 0.15) is 50.1 Å². The average molecular weight is 478 g/mol. The zero-order valence-electron chi connectivity index (χ0n) is 18.6. The normalized spacial score (nSPS) is 11.8. The number of aryl methyl sites for hydroxylation is 1. The molecule has 0 aromatic carbocycles. The number of hydrogen-bond acceptors (Lipinski definition) is 6. The minimum absolute atomic E-state index is 0.163. The van der Waals surface area contributed by atoms with Gasteiger partial charge in [0.25, 0.3) is 0 Å². The lowest BCUT2D eigenvalue weighted by Gasteiger charge is -2.17. The van der Waals surface area contributed by atoms with Crippen LogP contribution in [0.25, 0.3) is 16.6 Å². The number of nitrogens with zero attached hydrogens (tertiary/aromatic N) is 3. The number of esters is 1. The predicted molar refractivity (Wildman–Crippen MR) is 126 cm³/mol. The Labute approximate surface area is 193 Å². The molecule has 7 nitrogen and oxygen atoms in total. The molecule has 3 aromatic heterocycles. The summed E-state index contributed by atoms with van der Waals surface area (Å²) in [5, 5.41) is 5.10. The molecular weight excluding hydrogens is 450 g/mol. The van der Waals surface area contributed by atoms with Gasteiger partial charge in [-0.2, -0.15) is 5.10 Å². The number of carbonyl (C=O) groups excluding carboxylic acids is 1. The molecule has 9 heteroatoms. The molecular formula is C23H28ClN3O4S. The average Bonchev–Trinajstić information content (AvgIpc) is 3.12. The molecule has 0 aliphatic heterocycles. The predicted octanol–water partition coefficient (Wildman–Crippen LogP) is 4.43. The molecule has 0 fully saturated rings. The summed E-state index contributed by atoms with van der Waals surface area (Å²) >= 11 is 6.19. The van der Waals surface area contributed by atoms with Crippen LogP contribution in [0.2, 0.25) is 5.15 Å². The van der Waals surface area contributed by atoms with Crippen molar-refractivity contribution in [3.05, 3.63) is 52.6 Å². The highest BCUT2D eigenvalue weighted by Crippen LogP contribution is 2.34. The number of sulfone groups is 1. The van der Waals surface area contributed by atoms with Crippen LogP contribution >= 0.6 is 11.6 Å². The molecule has 172 valence electrons. The molecule has 0 saturated carbocycles. The van der Waals surface area contributed by atoms with E-state index in [0.29, 0.717) is 43.1 Å². The summed E-state index contributed by atoms with van der Waals surface area (Å²) in [5.74, 6) is -0.388. The smallest absolute Gasteiger partial charge is 0.305 e. The Hall–Kier alpha value is -2.45. The van der Waals surface area contributed by atoms with Crippen LogP contribution in [0.4, 0.5) is 0 Å². The molecule has 0 aliphatic rings. The maximum Gasteiger partial charge on any atom is 0.305 e. The monoisotopic (exact) mass is 477 g/mol. The van der Waals surface area contributed by atoms with Crippen LogP contribution in [-0.4, -0.2) is 41.8 Å². The van der Waals surface area contributed by atoms with E-state index in [1.54, 1.807) is 19.2 Å². The van der Waals surface area contributed by atoms with Gasteiger partial charge in [-0.05, 0) is 68.0 Å². The van der Waals surface area contributed by atoms with Crippen molar-refractivity contribution in [2.24, 2.45) is 0 Å². The second kappa shape index (κ2) is 10.4. The van der Waals surface area contributed by atoms with Crippen molar-refractivity contribution >= 4 is 32.9 Å². The summed E-state index contributed by atoms with van der Waals surface area (Å²) in [4.78, 5) is 15.8. The fraction of sp³-hybridized carbons (Fsp3) is 0.435. The topological polar surface area (TPSA) is 90.6 Å². The van der Waals surface area contributed by atoms with Gasteiger partial charge in [-0.15, -0.1) is 0 Å². The minimum atomic E-state index is -3.32. The molecule has 0 amide bonds. The number of unbranched alkanes of at least 4 members (excludes halogenated alkanes) is 1. The first-order valence-corrected chi connectivity index (χ1v) is 13.1. The van der Waals surface area contributed by atoms with Gasteiger partial charge >= 0.3 is 5.97 Å². The summed E-state index contributed by atoms with van der Waals surface area (Å²) in [5.41, 5.74) is 5.01. The molecule has 3 rings (SSSR count). The van der Waals surface area contributed by atoms with E-state index in [4.69, 9.17) is 21.4 Å². The second-order valence-electron chi connectivity index (χ2n) is 7.72. The van der Waals surface area contributed by atoms with E-state index in [9.17, 15) is 13.2 Å². The molecule has 32 heavy (non-hydrogen) atoms. The number of pyridine rings is 1. The van der Waals surface area contributed by atoms with Crippen LogP contribution in [-0.2, 0) is 38.0 Å². The largest absolute Gasteiger partial charge is 0.466 e. The Kier molecular flexibility index (Phi) is 7.90. The van der Waals surface area contributed by atoms with Crippen molar-refractivity contribution in [2.45, 2.75) is 51.7 Å². The van der Waals surface area contributed by atoms with E-state index in [-0.39, 0.29) is 11.7 Å². The Bertz CT molecular complexity index is 1220. The van der Waals surface area contributed by atoms with Crippen molar-refractivity contribution in [3.63, 3.8) is 0 Å². The first-order valence-electron chi connectivity index (χ1n) is 10.7. The van der Waals surface area contributed by atoms with E-state index in [1.807, 2.05) is 29.6 Å². The molecule has 3 heterocycles. The van der Waals surface area contributed by atoms with Crippen molar-refractivity contribution in [3.8, 4) is 11.1 Å². The van der Waals surface area contributed by atoms with Crippen LogP contribution in [0.5, 0.6) is 0 Å². The van der Waals surface area contributed by atoms with Crippen molar-refractivity contribution in [2.75, 3.05) is 12.9 Å². The molecule has 0 saturated heterocycles. The number of ether oxygens (including phenoxy) is 1. The van der Waals surface area contributed by atoms with Gasteiger partial charge in [-0.25, -0.2) is 17.9 Å². The third kappa shape index (κ3) is 5.86.